The number of hydrogen-bond acceptors (Lipinski definition) is 4. The largest absolute Gasteiger partial charge is 0.493 e. The number of carbonyl (C=O) groups excluding carboxylic acids is 1. The lowest BCUT2D eigenvalue weighted by atomic mass is 10.1. The summed E-state index contributed by atoms with van der Waals surface area (Å²) in [6, 6.07) is 12.1. The smallest absolute Gasteiger partial charge is 0.321 e. The lowest BCUT2D eigenvalue weighted by molar-refractivity contribution is 0.143. The number of hydrogen-bond donors (Lipinski definition) is 1. The van der Waals surface area contributed by atoms with Crippen molar-refractivity contribution in [3.63, 3.8) is 0 Å². The predicted octanol–water partition coefficient (Wildman–Crippen LogP) is 3.67. The summed E-state index contributed by atoms with van der Waals surface area (Å²) in [5.74, 6) is 1.48. The summed E-state index contributed by atoms with van der Waals surface area (Å²) in [5, 5.41) is 3.05. The zero-order valence-corrected chi connectivity index (χ0v) is 17.1. The van der Waals surface area contributed by atoms with Gasteiger partial charge in [-0.25, -0.2) is 4.79 Å². The molecule has 0 aliphatic carbocycles. The molecule has 0 aromatic heterocycles. The highest BCUT2D eigenvalue weighted by atomic mass is 16.5. The summed E-state index contributed by atoms with van der Waals surface area (Å²) in [5.41, 5.74) is 4.27. The van der Waals surface area contributed by atoms with Crippen LogP contribution in [-0.4, -0.2) is 56.2 Å². The van der Waals surface area contributed by atoms with Crippen molar-refractivity contribution in [2.45, 2.75) is 20.4 Å². The van der Waals surface area contributed by atoms with Gasteiger partial charge in [0, 0.05) is 38.4 Å². The molecule has 6 heteroatoms. The molecule has 28 heavy (non-hydrogen) atoms. The average molecular weight is 383 g/mol. The summed E-state index contributed by atoms with van der Waals surface area (Å²) < 4.78 is 10.7. The number of anilines is 1. The van der Waals surface area contributed by atoms with Crippen molar-refractivity contribution in [2.75, 3.05) is 45.7 Å². The van der Waals surface area contributed by atoms with Gasteiger partial charge in [0.05, 0.1) is 14.2 Å². The van der Waals surface area contributed by atoms with Crippen LogP contribution < -0.4 is 14.8 Å². The molecule has 1 fully saturated rings. The maximum Gasteiger partial charge on any atom is 0.321 e. The molecule has 1 N–H and O–H groups in total. The van der Waals surface area contributed by atoms with Crippen LogP contribution in [0.5, 0.6) is 11.5 Å². The van der Waals surface area contributed by atoms with Gasteiger partial charge in [-0.3, -0.25) is 4.90 Å². The van der Waals surface area contributed by atoms with Crippen LogP contribution in [0, 0.1) is 13.8 Å². The Kier molecular flexibility index (Phi) is 6.41. The number of rotatable bonds is 5. The van der Waals surface area contributed by atoms with E-state index in [2.05, 4.69) is 22.3 Å². The molecule has 2 amide bonds. The van der Waals surface area contributed by atoms with Crippen LogP contribution in [0.15, 0.2) is 36.4 Å². The normalized spacial score (nSPS) is 14.6. The van der Waals surface area contributed by atoms with E-state index in [9.17, 15) is 4.79 Å². The van der Waals surface area contributed by atoms with Gasteiger partial charge < -0.3 is 19.7 Å². The standard InChI is InChI=1S/C22H29N3O3/c1-16-5-6-17(2)19(13-16)23-22(26)25-11-9-24(10-12-25)15-18-7-8-20(27-3)21(14-18)28-4/h5-8,13-14H,9-12,15H2,1-4H3,(H,23,26). The maximum atomic E-state index is 12.6. The van der Waals surface area contributed by atoms with Gasteiger partial charge in [-0.1, -0.05) is 18.2 Å². The molecule has 150 valence electrons. The van der Waals surface area contributed by atoms with E-state index in [1.54, 1.807) is 14.2 Å². The van der Waals surface area contributed by atoms with E-state index < -0.39 is 0 Å². The lowest BCUT2D eigenvalue weighted by Crippen LogP contribution is -2.49. The van der Waals surface area contributed by atoms with Gasteiger partial charge in [0.15, 0.2) is 11.5 Å². The molecule has 1 heterocycles. The van der Waals surface area contributed by atoms with Crippen LogP contribution in [0.3, 0.4) is 0 Å². The molecule has 0 radical (unpaired) electrons. The summed E-state index contributed by atoms with van der Waals surface area (Å²) in [6.45, 7) is 7.97. The summed E-state index contributed by atoms with van der Waals surface area (Å²) >= 11 is 0. The van der Waals surface area contributed by atoms with Crippen molar-refractivity contribution >= 4 is 11.7 Å². The first kappa shape index (κ1) is 20.0. The number of carbonyl (C=O) groups is 1. The van der Waals surface area contributed by atoms with Gasteiger partial charge in [0.25, 0.3) is 0 Å². The fraction of sp³-hybridized carbons (Fsp3) is 0.409. The minimum Gasteiger partial charge on any atom is -0.493 e. The molecular weight excluding hydrogens is 354 g/mol. The van der Waals surface area contributed by atoms with Gasteiger partial charge >= 0.3 is 6.03 Å². The first-order chi connectivity index (χ1) is 13.5. The van der Waals surface area contributed by atoms with Crippen molar-refractivity contribution in [1.82, 2.24) is 9.80 Å². The van der Waals surface area contributed by atoms with Gasteiger partial charge in [-0.15, -0.1) is 0 Å². The SMILES string of the molecule is COc1ccc(CN2CCN(C(=O)Nc3cc(C)ccc3C)CC2)cc1OC. The van der Waals surface area contributed by atoms with Crippen LogP contribution >= 0.6 is 0 Å². The molecule has 0 spiro atoms. The molecule has 0 bridgehead atoms. The third kappa shape index (κ3) is 4.75. The number of methoxy groups -OCH3 is 2. The average Bonchev–Trinajstić information content (AvgIpc) is 2.71. The molecule has 0 saturated carbocycles. The van der Waals surface area contributed by atoms with Crippen molar-refractivity contribution < 1.29 is 14.3 Å². The van der Waals surface area contributed by atoms with Gasteiger partial charge in [-0.05, 0) is 48.7 Å². The molecule has 2 aromatic carbocycles. The second-order valence-corrected chi connectivity index (χ2v) is 7.20. The number of aryl methyl sites for hydroxylation is 2. The van der Waals surface area contributed by atoms with E-state index in [1.165, 1.54) is 5.56 Å². The highest BCUT2D eigenvalue weighted by Crippen LogP contribution is 2.28. The summed E-state index contributed by atoms with van der Waals surface area (Å²) in [7, 11) is 3.29. The van der Waals surface area contributed by atoms with E-state index >= 15 is 0 Å². The van der Waals surface area contributed by atoms with Crippen LogP contribution in [0.2, 0.25) is 0 Å². The Hall–Kier alpha value is -2.73. The van der Waals surface area contributed by atoms with E-state index in [0.717, 1.165) is 47.9 Å². The highest BCUT2D eigenvalue weighted by Gasteiger charge is 2.22. The number of ether oxygens (including phenoxy) is 2. The van der Waals surface area contributed by atoms with Crippen molar-refractivity contribution in [2.24, 2.45) is 0 Å². The molecule has 2 aromatic rings. The van der Waals surface area contributed by atoms with Crippen LogP contribution in [-0.2, 0) is 6.54 Å². The molecule has 1 aliphatic rings. The Morgan fingerprint density at radius 1 is 0.964 bits per heavy atom. The first-order valence-corrected chi connectivity index (χ1v) is 9.56. The van der Waals surface area contributed by atoms with Crippen LogP contribution in [0.4, 0.5) is 10.5 Å². The number of nitrogens with one attached hydrogen (secondary N) is 1. The maximum absolute atomic E-state index is 12.6. The Balaban J connectivity index is 1.54. The third-order valence-corrected chi connectivity index (χ3v) is 5.15. The highest BCUT2D eigenvalue weighted by molar-refractivity contribution is 5.90. The Morgan fingerprint density at radius 3 is 2.36 bits per heavy atom. The fourth-order valence-corrected chi connectivity index (χ4v) is 3.41. The summed E-state index contributed by atoms with van der Waals surface area (Å²) in [4.78, 5) is 16.8. The number of piperazine rings is 1. The zero-order chi connectivity index (χ0) is 20.1. The molecule has 6 nitrogen and oxygen atoms in total. The van der Waals surface area contributed by atoms with Gasteiger partial charge in [0.2, 0.25) is 0 Å². The molecule has 1 saturated heterocycles. The van der Waals surface area contributed by atoms with Gasteiger partial charge in [0.1, 0.15) is 0 Å². The van der Waals surface area contributed by atoms with Crippen molar-refractivity contribution in [1.29, 1.82) is 0 Å². The molecule has 1 aliphatic heterocycles. The number of amides is 2. The monoisotopic (exact) mass is 383 g/mol. The Bertz CT molecular complexity index is 830. The molecular formula is C22H29N3O3. The Labute approximate surface area is 167 Å². The predicted molar refractivity (Wildman–Crippen MR) is 111 cm³/mol. The van der Waals surface area contributed by atoms with E-state index in [0.29, 0.717) is 13.1 Å². The minimum absolute atomic E-state index is 0.0283. The van der Waals surface area contributed by atoms with Crippen molar-refractivity contribution in [3.8, 4) is 11.5 Å². The Morgan fingerprint density at radius 2 is 1.68 bits per heavy atom. The van der Waals surface area contributed by atoms with Crippen LogP contribution in [0.1, 0.15) is 16.7 Å². The number of benzene rings is 2. The second-order valence-electron chi connectivity index (χ2n) is 7.20. The van der Waals surface area contributed by atoms with Crippen molar-refractivity contribution in [3.05, 3.63) is 53.1 Å². The van der Waals surface area contributed by atoms with Gasteiger partial charge in [-0.2, -0.15) is 0 Å². The fourth-order valence-electron chi connectivity index (χ4n) is 3.41. The number of urea groups is 1. The lowest BCUT2D eigenvalue weighted by Gasteiger charge is -2.34. The molecule has 3 rings (SSSR count). The molecule has 0 atom stereocenters. The van der Waals surface area contributed by atoms with E-state index in [1.807, 2.05) is 43.0 Å². The third-order valence-electron chi connectivity index (χ3n) is 5.15. The quantitative estimate of drug-likeness (QED) is 0.856. The first-order valence-electron chi connectivity index (χ1n) is 9.56. The molecule has 0 unspecified atom stereocenters. The van der Waals surface area contributed by atoms with E-state index in [-0.39, 0.29) is 6.03 Å². The minimum atomic E-state index is -0.0283. The van der Waals surface area contributed by atoms with E-state index in [4.69, 9.17) is 9.47 Å². The van der Waals surface area contributed by atoms with Crippen LogP contribution in [0.25, 0.3) is 0 Å². The summed E-state index contributed by atoms with van der Waals surface area (Å²) in [6.07, 6.45) is 0. The number of nitrogens with zero attached hydrogens (tertiary/aromatic N) is 2. The topological polar surface area (TPSA) is 54.0 Å². The zero-order valence-electron chi connectivity index (χ0n) is 17.1. The second kappa shape index (κ2) is 8.97.